The van der Waals surface area contributed by atoms with E-state index in [1.807, 2.05) is 24.3 Å². The van der Waals surface area contributed by atoms with Crippen LogP contribution in [-0.2, 0) is 11.2 Å². The van der Waals surface area contributed by atoms with Crippen LogP contribution in [0, 0.1) is 0 Å². The van der Waals surface area contributed by atoms with Crippen molar-refractivity contribution in [3.63, 3.8) is 0 Å². The van der Waals surface area contributed by atoms with E-state index < -0.39 is 0 Å². The molecule has 1 aliphatic rings. The summed E-state index contributed by atoms with van der Waals surface area (Å²) < 4.78 is 0. The van der Waals surface area contributed by atoms with Gasteiger partial charge in [-0.3, -0.25) is 4.79 Å². The van der Waals surface area contributed by atoms with Crippen molar-refractivity contribution in [3.05, 3.63) is 34.8 Å². The average Bonchev–Trinajstić information content (AvgIpc) is 2.96. The second-order valence-corrected chi connectivity index (χ2v) is 6.76. The van der Waals surface area contributed by atoms with Gasteiger partial charge in [-0.1, -0.05) is 42.7 Å². The maximum Gasteiger partial charge on any atom is 0.230 e. The highest BCUT2D eigenvalue weighted by molar-refractivity contribution is 7.15. The van der Waals surface area contributed by atoms with Crippen LogP contribution in [0.3, 0.4) is 0 Å². The van der Waals surface area contributed by atoms with Crippen molar-refractivity contribution in [3.8, 4) is 0 Å². The van der Waals surface area contributed by atoms with Crippen molar-refractivity contribution in [1.29, 1.82) is 0 Å². The topological polar surface area (TPSA) is 80.9 Å². The van der Waals surface area contributed by atoms with Crippen LogP contribution < -0.4 is 11.1 Å². The number of nitrogens with zero attached hydrogens (tertiary/aromatic N) is 2. The molecule has 1 aromatic carbocycles. The van der Waals surface area contributed by atoms with Crippen LogP contribution in [0.5, 0.6) is 0 Å². The van der Waals surface area contributed by atoms with E-state index in [1.165, 1.54) is 43.4 Å². The smallest absolute Gasteiger partial charge is 0.230 e. The third-order valence-electron chi connectivity index (χ3n) is 3.96. The minimum atomic E-state index is -0.0862. The van der Waals surface area contributed by atoms with Gasteiger partial charge in [-0.15, -0.1) is 10.2 Å². The third-order valence-corrected chi connectivity index (χ3v) is 4.96. The molecule has 1 saturated carbocycles. The van der Waals surface area contributed by atoms with Crippen LogP contribution in [-0.4, -0.2) is 16.1 Å². The number of nitrogen functional groups attached to an aromatic ring is 1. The Morgan fingerprint density at radius 3 is 2.86 bits per heavy atom. The number of amides is 1. The Labute approximate surface area is 134 Å². The van der Waals surface area contributed by atoms with Crippen LogP contribution >= 0.6 is 11.3 Å². The molecular weight excluding hydrogens is 296 g/mol. The molecule has 1 aliphatic carbocycles. The number of carbonyl (C=O) groups is 1. The van der Waals surface area contributed by atoms with E-state index in [-0.39, 0.29) is 5.91 Å². The van der Waals surface area contributed by atoms with E-state index in [9.17, 15) is 4.79 Å². The molecule has 0 unspecified atom stereocenters. The number of carbonyl (C=O) groups excluding carboxylic acids is 1. The standard InChI is InChI=1S/C16H20N4OS/c17-13-8-4-5-11(9-13)10-14(21)18-16-20-19-15(22-16)12-6-2-1-3-7-12/h4-5,8-9,12H,1-3,6-7,10,17H2,(H,18,20,21). The van der Waals surface area contributed by atoms with E-state index in [4.69, 9.17) is 5.73 Å². The molecule has 5 nitrogen and oxygen atoms in total. The highest BCUT2D eigenvalue weighted by Gasteiger charge is 2.20. The molecule has 1 heterocycles. The highest BCUT2D eigenvalue weighted by Crippen LogP contribution is 2.35. The van der Waals surface area contributed by atoms with Gasteiger partial charge in [-0.05, 0) is 30.5 Å². The zero-order chi connectivity index (χ0) is 15.4. The van der Waals surface area contributed by atoms with E-state index in [1.54, 1.807) is 0 Å². The number of hydrogen-bond donors (Lipinski definition) is 2. The number of anilines is 2. The van der Waals surface area contributed by atoms with E-state index >= 15 is 0 Å². The Morgan fingerprint density at radius 1 is 1.27 bits per heavy atom. The first-order valence-electron chi connectivity index (χ1n) is 7.68. The van der Waals surface area contributed by atoms with Gasteiger partial charge < -0.3 is 11.1 Å². The lowest BCUT2D eigenvalue weighted by Crippen LogP contribution is -2.14. The van der Waals surface area contributed by atoms with Crippen molar-refractivity contribution >= 4 is 28.1 Å². The number of nitrogens with one attached hydrogen (secondary N) is 1. The molecule has 3 N–H and O–H groups in total. The summed E-state index contributed by atoms with van der Waals surface area (Å²) in [5, 5.41) is 12.8. The molecule has 0 saturated heterocycles. The molecule has 116 valence electrons. The normalized spacial score (nSPS) is 15.6. The molecule has 0 radical (unpaired) electrons. The maximum absolute atomic E-state index is 12.1. The van der Waals surface area contributed by atoms with Crippen LogP contribution in [0.4, 0.5) is 10.8 Å². The first-order valence-corrected chi connectivity index (χ1v) is 8.50. The molecule has 1 aromatic heterocycles. The summed E-state index contributed by atoms with van der Waals surface area (Å²) >= 11 is 1.50. The van der Waals surface area contributed by atoms with E-state index in [2.05, 4.69) is 15.5 Å². The SMILES string of the molecule is Nc1cccc(CC(=O)Nc2nnc(C3CCCCC3)s2)c1. The number of benzene rings is 1. The predicted octanol–water partition coefficient (Wildman–Crippen LogP) is 3.35. The predicted molar refractivity (Wildman–Crippen MR) is 88.9 cm³/mol. The number of aromatic nitrogens is 2. The summed E-state index contributed by atoms with van der Waals surface area (Å²) in [6.45, 7) is 0. The van der Waals surface area contributed by atoms with Crippen molar-refractivity contribution < 1.29 is 4.79 Å². The molecule has 2 aromatic rings. The second-order valence-electron chi connectivity index (χ2n) is 5.75. The van der Waals surface area contributed by atoms with Gasteiger partial charge in [0, 0.05) is 11.6 Å². The largest absolute Gasteiger partial charge is 0.399 e. The molecular formula is C16H20N4OS. The van der Waals surface area contributed by atoms with E-state index in [0.29, 0.717) is 23.2 Å². The molecule has 0 aliphatic heterocycles. The van der Waals surface area contributed by atoms with Gasteiger partial charge in [0.2, 0.25) is 11.0 Å². The van der Waals surface area contributed by atoms with Crippen LogP contribution in [0.2, 0.25) is 0 Å². The zero-order valence-corrected chi connectivity index (χ0v) is 13.2. The van der Waals surface area contributed by atoms with Crippen LogP contribution in [0.25, 0.3) is 0 Å². The number of nitrogens with two attached hydrogens (primary N) is 1. The first-order chi connectivity index (χ1) is 10.7. The third kappa shape index (κ3) is 3.82. The summed E-state index contributed by atoms with van der Waals surface area (Å²) in [5.74, 6) is 0.433. The fourth-order valence-electron chi connectivity index (χ4n) is 2.85. The second kappa shape index (κ2) is 6.87. The molecule has 0 atom stereocenters. The fraction of sp³-hybridized carbons (Fsp3) is 0.438. The minimum absolute atomic E-state index is 0.0862. The Morgan fingerprint density at radius 2 is 2.09 bits per heavy atom. The summed E-state index contributed by atoms with van der Waals surface area (Å²) in [4.78, 5) is 12.1. The fourth-order valence-corrected chi connectivity index (χ4v) is 3.78. The summed E-state index contributed by atoms with van der Waals surface area (Å²) in [6.07, 6.45) is 6.52. The van der Waals surface area contributed by atoms with Crippen molar-refractivity contribution in [2.24, 2.45) is 0 Å². The van der Waals surface area contributed by atoms with Crippen molar-refractivity contribution in [2.75, 3.05) is 11.1 Å². The lowest BCUT2D eigenvalue weighted by Gasteiger charge is -2.18. The summed E-state index contributed by atoms with van der Waals surface area (Å²) in [5.41, 5.74) is 7.29. The van der Waals surface area contributed by atoms with Crippen LogP contribution in [0.15, 0.2) is 24.3 Å². The van der Waals surface area contributed by atoms with Crippen LogP contribution in [0.1, 0.15) is 48.6 Å². The molecule has 6 heteroatoms. The molecule has 0 bridgehead atoms. The quantitative estimate of drug-likeness (QED) is 0.848. The van der Waals surface area contributed by atoms with Gasteiger partial charge in [-0.25, -0.2) is 0 Å². The highest BCUT2D eigenvalue weighted by atomic mass is 32.1. The molecule has 22 heavy (non-hydrogen) atoms. The monoisotopic (exact) mass is 316 g/mol. The zero-order valence-electron chi connectivity index (χ0n) is 12.4. The van der Waals surface area contributed by atoms with Gasteiger partial charge in [0.1, 0.15) is 5.01 Å². The summed E-state index contributed by atoms with van der Waals surface area (Å²) in [6, 6.07) is 7.36. The lowest BCUT2D eigenvalue weighted by molar-refractivity contribution is -0.115. The minimum Gasteiger partial charge on any atom is -0.399 e. The molecule has 3 rings (SSSR count). The number of hydrogen-bond acceptors (Lipinski definition) is 5. The molecule has 0 spiro atoms. The Hall–Kier alpha value is -1.95. The average molecular weight is 316 g/mol. The summed E-state index contributed by atoms with van der Waals surface area (Å²) in [7, 11) is 0. The van der Waals surface area contributed by atoms with Crippen molar-refractivity contribution in [2.45, 2.75) is 44.4 Å². The van der Waals surface area contributed by atoms with Crippen molar-refractivity contribution in [1.82, 2.24) is 10.2 Å². The Kier molecular flexibility index (Phi) is 4.68. The van der Waals surface area contributed by atoms with Gasteiger partial charge in [0.15, 0.2) is 0 Å². The lowest BCUT2D eigenvalue weighted by atomic mass is 9.90. The van der Waals surface area contributed by atoms with Gasteiger partial charge in [0.05, 0.1) is 6.42 Å². The number of rotatable bonds is 4. The van der Waals surface area contributed by atoms with Gasteiger partial charge in [-0.2, -0.15) is 0 Å². The Balaban J connectivity index is 1.58. The first kappa shape index (κ1) is 15.0. The maximum atomic E-state index is 12.1. The van der Waals surface area contributed by atoms with E-state index in [0.717, 1.165) is 10.6 Å². The Bertz CT molecular complexity index is 649. The molecule has 1 fully saturated rings. The van der Waals surface area contributed by atoms with Gasteiger partial charge in [0.25, 0.3) is 0 Å². The van der Waals surface area contributed by atoms with Gasteiger partial charge >= 0.3 is 0 Å². The molecule has 1 amide bonds.